The Morgan fingerprint density at radius 3 is 2.00 bits per heavy atom. The molecule has 0 unspecified atom stereocenters. The van der Waals surface area contributed by atoms with E-state index in [1.54, 1.807) is 0 Å². The van der Waals surface area contributed by atoms with Crippen molar-refractivity contribution in [2.75, 3.05) is 0 Å². The first-order valence-electron chi connectivity index (χ1n) is 2.70. The van der Waals surface area contributed by atoms with E-state index in [1.807, 2.05) is 0 Å². The Balaban J connectivity index is 0. The van der Waals surface area contributed by atoms with E-state index >= 15 is 0 Å². The van der Waals surface area contributed by atoms with Crippen molar-refractivity contribution in [3.63, 3.8) is 0 Å². The van der Waals surface area contributed by atoms with Crippen molar-refractivity contribution >= 4 is 5.97 Å². The molecule has 0 bridgehead atoms. The van der Waals surface area contributed by atoms with E-state index in [0.29, 0.717) is 0 Å². The van der Waals surface area contributed by atoms with Gasteiger partial charge in [0.1, 0.15) is 5.75 Å². The summed E-state index contributed by atoms with van der Waals surface area (Å²) >= 11 is 0. The standard InChI is InChI=1S/C7H6O3.K.H2O/c8-6-3-1-5(2-4-6)7(9)10;;/h1-4,8H,(H,9,10);;1H2/q;+1;/p-1. The van der Waals surface area contributed by atoms with Gasteiger partial charge in [-0.25, -0.2) is 0 Å². The number of hydrogen-bond donors (Lipinski definition) is 1. The van der Waals surface area contributed by atoms with E-state index in [9.17, 15) is 9.90 Å². The summed E-state index contributed by atoms with van der Waals surface area (Å²) in [6, 6.07) is 5.16. The zero-order valence-electron chi connectivity index (χ0n) is 6.57. The number of carboxylic acids is 1. The zero-order valence-corrected chi connectivity index (χ0v) is 9.70. The third kappa shape index (κ3) is 4.20. The monoisotopic (exact) mass is 194 g/mol. The van der Waals surface area contributed by atoms with Gasteiger partial charge in [-0.3, -0.25) is 0 Å². The van der Waals surface area contributed by atoms with E-state index in [-0.39, 0.29) is 68.2 Å². The number of carbonyl (C=O) groups excluding carboxylic acids is 1. The molecule has 60 valence electrons. The van der Waals surface area contributed by atoms with Crippen LogP contribution in [0.15, 0.2) is 24.3 Å². The number of hydrogen-bond acceptors (Lipinski definition) is 3. The Morgan fingerprint density at radius 2 is 1.67 bits per heavy atom. The van der Waals surface area contributed by atoms with Gasteiger partial charge in [0, 0.05) is 0 Å². The normalized spacial score (nSPS) is 7.67. The van der Waals surface area contributed by atoms with E-state index in [4.69, 9.17) is 5.11 Å². The minimum Gasteiger partial charge on any atom is -0.545 e. The number of phenols is 1. The molecule has 0 aliphatic heterocycles. The molecule has 3 N–H and O–H groups in total. The fourth-order valence-electron chi connectivity index (χ4n) is 0.598. The van der Waals surface area contributed by atoms with Gasteiger partial charge in [-0.1, -0.05) is 0 Å². The first-order valence-corrected chi connectivity index (χ1v) is 2.70. The van der Waals surface area contributed by atoms with Gasteiger partial charge in [0.05, 0.1) is 5.97 Å². The van der Waals surface area contributed by atoms with Crippen molar-refractivity contribution in [2.45, 2.75) is 0 Å². The molecule has 12 heavy (non-hydrogen) atoms. The van der Waals surface area contributed by atoms with Crippen LogP contribution in [-0.4, -0.2) is 16.6 Å². The fraction of sp³-hybridized carbons (Fsp3) is 0. The molecule has 1 aromatic carbocycles. The summed E-state index contributed by atoms with van der Waals surface area (Å²) in [5.74, 6) is -1.19. The summed E-state index contributed by atoms with van der Waals surface area (Å²) in [4.78, 5) is 10.1. The summed E-state index contributed by atoms with van der Waals surface area (Å²) < 4.78 is 0. The van der Waals surface area contributed by atoms with E-state index < -0.39 is 5.97 Å². The van der Waals surface area contributed by atoms with Crippen molar-refractivity contribution in [1.82, 2.24) is 0 Å². The quantitative estimate of drug-likeness (QED) is 0.461. The van der Waals surface area contributed by atoms with Gasteiger partial charge in [0.2, 0.25) is 0 Å². The summed E-state index contributed by atoms with van der Waals surface area (Å²) in [6.45, 7) is 0. The molecule has 0 spiro atoms. The second kappa shape index (κ2) is 6.59. The number of aromatic hydroxyl groups is 1. The molecule has 0 saturated heterocycles. The Labute approximate surface area is 112 Å². The van der Waals surface area contributed by atoms with Crippen molar-refractivity contribution in [1.29, 1.82) is 0 Å². The SMILES string of the molecule is O.O=C([O-])c1ccc(O)cc1.[K+]. The third-order valence-corrected chi connectivity index (χ3v) is 1.10. The molecule has 4 nitrogen and oxygen atoms in total. The number of carbonyl (C=O) groups is 1. The van der Waals surface area contributed by atoms with Crippen molar-refractivity contribution in [3.8, 4) is 5.75 Å². The largest absolute Gasteiger partial charge is 1.00 e. The van der Waals surface area contributed by atoms with Crippen LogP contribution in [0.4, 0.5) is 0 Å². The van der Waals surface area contributed by atoms with Crippen LogP contribution in [-0.2, 0) is 0 Å². The maximum atomic E-state index is 10.1. The van der Waals surface area contributed by atoms with Crippen LogP contribution in [0.2, 0.25) is 0 Å². The summed E-state index contributed by atoms with van der Waals surface area (Å²) in [5.41, 5.74) is 0.0674. The number of aromatic carboxylic acids is 1. The van der Waals surface area contributed by atoms with Gasteiger partial charge < -0.3 is 20.5 Å². The van der Waals surface area contributed by atoms with Gasteiger partial charge in [-0.05, 0) is 29.8 Å². The molecule has 0 atom stereocenters. The van der Waals surface area contributed by atoms with Gasteiger partial charge in [0.15, 0.2) is 0 Å². The molecule has 5 heteroatoms. The zero-order chi connectivity index (χ0) is 7.56. The van der Waals surface area contributed by atoms with E-state index in [0.717, 1.165) is 0 Å². The molecule has 0 aliphatic carbocycles. The van der Waals surface area contributed by atoms with E-state index in [2.05, 4.69) is 0 Å². The average molecular weight is 194 g/mol. The summed E-state index contributed by atoms with van der Waals surface area (Å²) in [7, 11) is 0. The number of phenolic OH excluding ortho intramolecular Hbond substituents is 1. The van der Waals surface area contributed by atoms with Crippen LogP contribution in [0.25, 0.3) is 0 Å². The maximum Gasteiger partial charge on any atom is 1.00 e. The van der Waals surface area contributed by atoms with Gasteiger partial charge in [0.25, 0.3) is 0 Å². The predicted octanol–water partition coefficient (Wildman–Crippen LogP) is -4.06. The number of carboxylic acid groups (broad SMARTS) is 1. The molecule has 0 aliphatic rings. The Hall–Kier alpha value is 0.0864. The van der Waals surface area contributed by atoms with Crippen LogP contribution >= 0.6 is 0 Å². The first kappa shape index (κ1) is 14.6. The summed E-state index contributed by atoms with van der Waals surface area (Å²) in [5, 5.41) is 18.8. The van der Waals surface area contributed by atoms with Crippen LogP contribution in [0.5, 0.6) is 5.75 Å². The Bertz CT molecular complexity index is 244. The summed E-state index contributed by atoms with van der Waals surface area (Å²) in [6.07, 6.45) is 0. The second-order valence-electron chi connectivity index (χ2n) is 1.83. The third-order valence-electron chi connectivity index (χ3n) is 1.10. The molecule has 1 rings (SSSR count). The Kier molecular flexibility index (Phi) is 8.01. The van der Waals surface area contributed by atoms with Crippen LogP contribution in [0, 0.1) is 0 Å². The molecule has 0 aromatic heterocycles. The maximum absolute atomic E-state index is 10.1. The van der Waals surface area contributed by atoms with Crippen LogP contribution in [0.3, 0.4) is 0 Å². The first-order chi connectivity index (χ1) is 4.70. The van der Waals surface area contributed by atoms with Gasteiger partial charge >= 0.3 is 51.4 Å². The van der Waals surface area contributed by atoms with Crippen LogP contribution < -0.4 is 56.5 Å². The van der Waals surface area contributed by atoms with Gasteiger partial charge in [-0.2, -0.15) is 0 Å². The van der Waals surface area contributed by atoms with Crippen LogP contribution in [0.1, 0.15) is 10.4 Å². The minimum absolute atomic E-state index is 0. The predicted molar refractivity (Wildman–Crippen MR) is 36.1 cm³/mol. The Morgan fingerprint density at radius 1 is 1.25 bits per heavy atom. The molecular formula is C7H7KO4. The number of rotatable bonds is 1. The topological polar surface area (TPSA) is 91.9 Å². The van der Waals surface area contributed by atoms with Crippen molar-refractivity contribution in [2.24, 2.45) is 0 Å². The van der Waals surface area contributed by atoms with Crippen molar-refractivity contribution < 1.29 is 71.9 Å². The molecule has 0 amide bonds. The fourth-order valence-corrected chi connectivity index (χ4v) is 0.598. The van der Waals surface area contributed by atoms with Crippen molar-refractivity contribution in [3.05, 3.63) is 29.8 Å². The molecule has 0 fully saturated rings. The smallest absolute Gasteiger partial charge is 0.545 e. The minimum atomic E-state index is -1.24. The average Bonchev–Trinajstić information content (AvgIpc) is 1.88. The van der Waals surface area contributed by atoms with E-state index in [1.165, 1.54) is 24.3 Å². The molecule has 1 aromatic rings. The molecule has 0 radical (unpaired) electrons. The van der Waals surface area contributed by atoms with Gasteiger partial charge in [-0.15, -0.1) is 0 Å². The number of benzene rings is 1. The second-order valence-corrected chi connectivity index (χ2v) is 1.83. The molecule has 0 heterocycles. The molecule has 0 saturated carbocycles. The molecular weight excluding hydrogens is 187 g/mol.